The number of oxazole rings is 1. The van der Waals surface area contributed by atoms with E-state index in [1.165, 1.54) is 5.56 Å². The summed E-state index contributed by atoms with van der Waals surface area (Å²) in [6, 6.07) is 26.4. The highest BCUT2D eigenvalue weighted by Gasteiger charge is 2.30. The molecule has 176 valence electrons. The van der Waals surface area contributed by atoms with E-state index in [9.17, 15) is 9.90 Å². The highest BCUT2D eigenvalue weighted by atomic mass is 16.5. The number of nitrogens with zero attached hydrogens (tertiary/aromatic N) is 2. The van der Waals surface area contributed by atoms with Gasteiger partial charge in [0.2, 0.25) is 0 Å². The first kappa shape index (κ1) is 23.4. The van der Waals surface area contributed by atoms with Crippen LogP contribution in [0.2, 0.25) is 0 Å². The minimum absolute atomic E-state index is 0.580. The third-order valence-corrected chi connectivity index (χ3v) is 5.79. The lowest BCUT2D eigenvalue weighted by Crippen LogP contribution is -2.38. The molecule has 0 aliphatic rings. The lowest BCUT2D eigenvalue weighted by molar-refractivity contribution is -0.152. The van der Waals surface area contributed by atoms with Gasteiger partial charge in [0.15, 0.2) is 11.2 Å². The Kier molecular flexibility index (Phi) is 7.16. The molecule has 0 saturated carbocycles. The highest BCUT2D eigenvalue weighted by molar-refractivity contribution is 5.77. The first-order valence-electron chi connectivity index (χ1n) is 11.6. The number of aryl methyl sites for hydroxylation is 1. The molecule has 34 heavy (non-hydrogen) atoms. The predicted molar refractivity (Wildman–Crippen MR) is 133 cm³/mol. The molecule has 0 bridgehead atoms. The van der Waals surface area contributed by atoms with Crippen molar-refractivity contribution < 1.29 is 19.1 Å². The number of carboxylic acids is 1. The maximum Gasteiger partial charge on any atom is 0.347 e. The molecule has 6 nitrogen and oxygen atoms in total. The first-order chi connectivity index (χ1) is 16.4. The predicted octanol–water partition coefficient (Wildman–Crippen LogP) is 5.75. The second-order valence-electron chi connectivity index (χ2n) is 8.82. The molecule has 1 heterocycles. The fourth-order valence-electron chi connectivity index (χ4n) is 3.80. The summed E-state index contributed by atoms with van der Waals surface area (Å²) in [6.45, 7) is 4.56. The van der Waals surface area contributed by atoms with E-state index in [1.807, 2.05) is 54.6 Å². The van der Waals surface area contributed by atoms with E-state index >= 15 is 0 Å². The van der Waals surface area contributed by atoms with Gasteiger partial charge in [-0.15, -0.1) is 0 Å². The van der Waals surface area contributed by atoms with Crippen molar-refractivity contribution in [1.82, 2.24) is 4.98 Å². The zero-order valence-corrected chi connectivity index (χ0v) is 19.6. The summed E-state index contributed by atoms with van der Waals surface area (Å²) in [5, 5.41) is 9.47. The van der Waals surface area contributed by atoms with Crippen LogP contribution in [0.1, 0.15) is 31.4 Å². The summed E-state index contributed by atoms with van der Waals surface area (Å²) in [7, 11) is 0. The van der Waals surface area contributed by atoms with Gasteiger partial charge in [0, 0.05) is 13.1 Å². The summed E-state index contributed by atoms with van der Waals surface area (Å²) in [5.41, 5.74) is 2.52. The number of fused-ring (bicyclic) bond motifs is 1. The molecule has 0 aliphatic heterocycles. The molecule has 1 N–H and O–H groups in total. The van der Waals surface area contributed by atoms with Gasteiger partial charge in [0.1, 0.15) is 11.3 Å². The topological polar surface area (TPSA) is 75.8 Å². The Hall–Kier alpha value is -3.80. The number of carboxylic acid groups (broad SMARTS) is 1. The number of aromatic nitrogens is 1. The Labute approximate surface area is 199 Å². The molecule has 0 amide bonds. The average molecular weight is 459 g/mol. The maximum absolute atomic E-state index is 11.6. The van der Waals surface area contributed by atoms with Gasteiger partial charge in [-0.25, -0.2) is 4.79 Å². The zero-order chi connectivity index (χ0) is 24.0. The number of rotatable bonds is 11. The number of benzene rings is 3. The van der Waals surface area contributed by atoms with Gasteiger partial charge in [-0.3, -0.25) is 0 Å². The molecule has 3 aromatic carbocycles. The molecular weight excluding hydrogens is 428 g/mol. The van der Waals surface area contributed by atoms with Crippen molar-refractivity contribution in [3.05, 3.63) is 90.0 Å². The molecule has 0 spiro atoms. The van der Waals surface area contributed by atoms with Crippen molar-refractivity contribution in [2.45, 2.75) is 38.7 Å². The summed E-state index contributed by atoms with van der Waals surface area (Å²) >= 11 is 0. The van der Waals surface area contributed by atoms with E-state index in [0.29, 0.717) is 24.7 Å². The van der Waals surface area contributed by atoms with E-state index in [-0.39, 0.29) is 0 Å². The standard InChI is InChI=1S/C28H30N2O4/c1-28(2,26(31)32)34-24-16-8-6-14-22(24)18-20-30(19-10-13-21-11-4-3-5-12-21)27-29-23-15-7-9-17-25(23)33-27/h3-9,11-12,14-17H,10,13,18-20H2,1-2H3,(H,31,32). The summed E-state index contributed by atoms with van der Waals surface area (Å²) in [5.74, 6) is -0.423. The van der Waals surface area contributed by atoms with Gasteiger partial charge in [0.05, 0.1) is 0 Å². The quantitative estimate of drug-likeness (QED) is 0.308. The van der Waals surface area contributed by atoms with E-state index in [1.54, 1.807) is 13.8 Å². The van der Waals surface area contributed by atoms with Gasteiger partial charge < -0.3 is 19.2 Å². The summed E-state index contributed by atoms with van der Waals surface area (Å²) < 4.78 is 11.9. The van der Waals surface area contributed by atoms with Crippen LogP contribution in [0.25, 0.3) is 11.1 Å². The molecule has 0 fully saturated rings. The molecule has 1 aromatic heterocycles. The average Bonchev–Trinajstić information content (AvgIpc) is 3.26. The Morgan fingerprint density at radius 3 is 2.41 bits per heavy atom. The summed E-state index contributed by atoms with van der Waals surface area (Å²) in [6.07, 6.45) is 2.58. The van der Waals surface area contributed by atoms with Gasteiger partial charge in [-0.05, 0) is 62.4 Å². The van der Waals surface area contributed by atoms with Crippen molar-refractivity contribution >= 4 is 23.1 Å². The molecule has 0 aliphatic carbocycles. The number of anilines is 1. The normalized spacial score (nSPS) is 11.5. The van der Waals surface area contributed by atoms with Crippen LogP contribution in [-0.2, 0) is 17.6 Å². The number of carbonyl (C=O) groups is 1. The van der Waals surface area contributed by atoms with Gasteiger partial charge in [-0.2, -0.15) is 4.98 Å². The molecule has 4 aromatic rings. The minimum atomic E-state index is -1.31. The molecule has 0 unspecified atom stereocenters. The van der Waals surface area contributed by atoms with Gasteiger partial charge >= 0.3 is 5.97 Å². The Morgan fingerprint density at radius 2 is 1.65 bits per heavy atom. The van der Waals surface area contributed by atoms with Crippen LogP contribution in [0.5, 0.6) is 5.75 Å². The highest BCUT2D eigenvalue weighted by Crippen LogP contribution is 2.26. The fourth-order valence-corrected chi connectivity index (χ4v) is 3.80. The van der Waals surface area contributed by atoms with Crippen LogP contribution >= 0.6 is 0 Å². The Balaban J connectivity index is 1.51. The molecular formula is C28H30N2O4. The Morgan fingerprint density at radius 1 is 0.941 bits per heavy atom. The van der Waals surface area contributed by atoms with Crippen molar-refractivity contribution in [3.63, 3.8) is 0 Å². The van der Waals surface area contributed by atoms with Crippen LogP contribution in [0.4, 0.5) is 6.01 Å². The smallest absolute Gasteiger partial charge is 0.347 e. The minimum Gasteiger partial charge on any atom is -0.478 e. The number of hydrogen-bond acceptors (Lipinski definition) is 5. The van der Waals surface area contributed by atoms with Gasteiger partial charge in [-0.1, -0.05) is 60.7 Å². The fraction of sp³-hybridized carbons (Fsp3) is 0.286. The van der Waals surface area contributed by atoms with E-state index < -0.39 is 11.6 Å². The molecule has 6 heteroatoms. The lowest BCUT2D eigenvalue weighted by atomic mass is 10.1. The van der Waals surface area contributed by atoms with Gasteiger partial charge in [0.25, 0.3) is 6.01 Å². The van der Waals surface area contributed by atoms with Crippen LogP contribution < -0.4 is 9.64 Å². The van der Waals surface area contributed by atoms with Crippen molar-refractivity contribution in [1.29, 1.82) is 0 Å². The largest absolute Gasteiger partial charge is 0.478 e. The number of para-hydroxylation sites is 3. The molecule has 0 radical (unpaired) electrons. The molecule has 0 saturated heterocycles. The second-order valence-corrected chi connectivity index (χ2v) is 8.82. The van der Waals surface area contributed by atoms with Crippen molar-refractivity contribution in [3.8, 4) is 5.75 Å². The van der Waals surface area contributed by atoms with E-state index in [2.05, 4.69) is 29.2 Å². The zero-order valence-electron chi connectivity index (χ0n) is 19.6. The molecule has 0 atom stereocenters. The first-order valence-corrected chi connectivity index (χ1v) is 11.6. The number of ether oxygens (including phenoxy) is 1. The summed E-state index contributed by atoms with van der Waals surface area (Å²) in [4.78, 5) is 18.4. The monoisotopic (exact) mass is 458 g/mol. The number of aliphatic carboxylic acids is 1. The van der Waals surface area contributed by atoms with Crippen molar-refractivity contribution in [2.75, 3.05) is 18.0 Å². The van der Waals surface area contributed by atoms with E-state index in [4.69, 9.17) is 14.1 Å². The third kappa shape index (κ3) is 5.76. The number of hydrogen-bond donors (Lipinski definition) is 1. The van der Waals surface area contributed by atoms with Crippen LogP contribution in [0, 0.1) is 0 Å². The second kappa shape index (κ2) is 10.4. The SMILES string of the molecule is CC(C)(Oc1ccccc1CCN(CCCc1ccccc1)c1nc2ccccc2o1)C(=O)O. The van der Waals surface area contributed by atoms with Crippen LogP contribution in [-0.4, -0.2) is 34.8 Å². The maximum atomic E-state index is 11.6. The van der Waals surface area contributed by atoms with Crippen LogP contribution in [0.3, 0.4) is 0 Å². The van der Waals surface area contributed by atoms with E-state index in [0.717, 1.165) is 36.0 Å². The third-order valence-electron chi connectivity index (χ3n) is 5.79. The van der Waals surface area contributed by atoms with Crippen molar-refractivity contribution in [2.24, 2.45) is 0 Å². The lowest BCUT2D eigenvalue weighted by Gasteiger charge is -2.25. The Bertz CT molecular complexity index is 1200. The van der Waals surface area contributed by atoms with Crippen LogP contribution in [0.15, 0.2) is 83.3 Å². The molecule has 4 rings (SSSR count).